The van der Waals surface area contributed by atoms with E-state index in [-0.39, 0.29) is 5.92 Å². The first-order chi connectivity index (χ1) is 8.62. The van der Waals surface area contributed by atoms with Gasteiger partial charge in [0.05, 0.1) is 18.6 Å². The molecular formula is C16H20O2. The lowest BCUT2D eigenvalue weighted by Crippen LogP contribution is -2.29. The first kappa shape index (κ1) is 14.5. The van der Waals surface area contributed by atoms with Crippen LogP contribution in [0.1, 0.15) is 25.8 Å². The van der Waals surface area contributed by atoms with E-state index >= 15 is 0 Å². The Morgan fingerprint density at radius 3 is 2.67 bits per heavy atom. The second-order valence-electron chi connectivity index (χ2n) is 4.84. The summed E-state index contributed by atoms with van der Waals surface area (Å²) in [5.74, 6) is 2.89. The standard InChI is InChI=1S/C16H20O2/c1-4-16(3,14(2)10-11-17)13-18-12-15-8-6-5-7-9-15/h1,5-9,11,14H,10,12-13H2,2-3H3/t14-,16+/m1/s1. The van der Waals surface area contributed by atoms with Crippen LogP contribution < -0.4 is 0 Å². The van der Waals surface area contributed by atoms with Crippen molar-refractivity contribution in [2.24, 2.45) is 11.3 Å². The molecule has 0 aliphatic carbocycles. The van der Waals surface area contributed by atoms with Crippen molar-refractivity contribution in [1.82, 2.24) is 0 Å². The van der Waals surface area contributed by atoms with Crippen LogP contribution >= 0.6 is 0 Å². The summed E-state index contributed by atoms with van der Waals surface area (Å²) in [4.78, 5) is 10.6. The summed E-state index contributed by atoms with van der Waals surface area (Å²) in [5, 5.41) is 0. The molecule has 0 heterocycles. The molecule has 0 bridgehead atoms. The quantitative estimate of drug-likeness (QED) is 0.544. The fraction of sp³-hybridized carbons (Fsp3) is 0.438. The zero-order chi connectivity index (χ0) is 13.4. The number of carbonyl (C=O) groups excluding carboxylic acids is 1. The molecule has 0 unspecified atom stereocenters. The number of ether oxygens (including phenoxy) is 1. The molecule has 2 heteroatoms. The maximum Gasteiger partial charge on any atom is 0.120 e. The van der Waals surface area contributed by atoms with E-state index in [0.717, 1.165) is 11.8 Å². The van der Waals surface area contributed by atoms with Gasteiger partial charge < -0.3 is 9.53 Å². The van der Waals surface area contributed by atoms with Crippen LogP contribution in [-0.2, 0) is 16.1 Å². The fourth-order valence-corrected chi connectivity index (χ4v) is 1.69. The summed E-state index contributed by atoms with van der Waals surface area (Å²) >= 11 is 0. The molecule has 0 aromatic heterocycles. The van der Waals surface area contributed by atoms with Gasteiger partial charge in [0, 0.05) is 6.42 Å². The largest absolute Gasteiger partial charge is 0.375 e. The summed E-state index contributed by atoms with van der Waals surface area (Å²) in [5.41, 5.74) is 0.732. The van der Waals surface area contributed by atoms with Gasteiger partial charge in [-0.1, -0.05) is 43.2 Å². The Morgan fingerprint density at radius 2 is 2.11 bits per heavy atom. The van der Waals surface area contributed by atoms with Crippen molar-refractivity contribution in [3.63, 3.8) is 0 Å². The highest BCUT2D eigenvalue weighted by molar-refractivity contribution is 5.50. The monoisotopic (exact) mass is 244 g/mol. The summed E-state index contributed by atoms with van der Waals surface area (Å²) < 4.78 is 5.68. The number of carbonyl (C=O) groups is 1. The molecule has 0 N–H and O–H groups in total. The van der Waals surface area contributed by atoms with E-state index in [4.69, 9.17) is 11.2 Å². The van der Waals surface area contributed by atoms with Crippen LogP contribution in [0.15, 0.2) is 30.3 Å². The Balaban J connectivity index is 2.50. The molecule has 1 aromatic rings. The predicted molar refractivity (Wildman–Crippen MR) is 72.9 cm³/mol. The first-order valence-corrected chi connectivity index (χ1v) is 6.15. The highest BCUT2D eigenvalue weighted by atomic mass is 16.5. The topological polar surface area (TPSA) is 26.3 Å². The smallest absolute Gasteiger partial charge is 0.120 e. The SMILES string of the molecule is C#C[C@@](C)(COCc1ccccc1)[C@H](C)CC=O. The molecule has 96 valence electrons. The van der Waals surface area contributed by atoms with Crippen molar-refractivity contribution in [2.75, 3.05) is 6.61 Å². The van der Waals surface area contributed by atoms with Gasteiger partial charge in [-0.25, -0.2) is 0 Å². The minimum atomic E-state index is -0.393. The summed E-state index contributed by atoms with van der Waals surface area (Å²) in [6.45, 7) is 4.96. The summed E-state index contributed by atoms with van der Waals surface area (Å²) in [6, 6.07) is 9.97. The second-order valence-corrected chi connectivity index (χ2v) is 4.84. The van der Waals surface area contributed by atoms with Gasteiger partial charge in [-0.15, -0.1) is 6.42 Å². The summed E-state index contributed by atoms with van der Waals surface area (Å²) in [6.07, 6.45) is 6.95. The van der Waals surface area contributed by atoms with Gasteiger partial charge in [-0.3, -0.25) is 0 Å². The molecule has 0 amide bonds. The molecule has 18 heavy (non-hydrogen) atoms. The van der Waals surface area contributed by atoms with Crippen molar-refractivity contribution >= 4 is 6.29 Å². The molecule has 0 saturated carbocycles. The van der Waals surface area contributed by atoms with E-state index in [2.05, 4.69) is 5.92 Å². The number of benzene rings is 1. The third-order valence-electron chi connectivity index (χ3n) is 3.38. The van der Waals surface area contributed by atoms with Crippen LogP contribution in [0.3, 0.4) is 0 Å². The van der Waals surface area contributed by atoms with Crippen molar-refractivity contribution in [3.05, 3.63) is 35.9 Å². The Hall–Kier alpha value is -1.59. The number of terminal acetylenes is 1. The van der Waals surface area contributed by atoms with Gasteiger partial charge >= 0.3 is 0 Å². The van der Waals surface area contributed by atoms with Crippen molar-refractivity contribution in [2.45, 2.75) is 26.9 Å². The molecule has 0 saturated heterocycles. The number of rotatable bonds is 7. The molecule has 0 radical (unpaired) electrons. The molecule has 0 aliphatic heterocycles. The molecular weight excluding hydrogens is 224 g/mol. The maximum absolute atomic E-state index is 10.6. The zero-order valence-corrected chi connectivity index (χ0v) is 11.1. The average Bonchev–Trinajstić information content (AvgIpc) is 2.40. The Bertz CT molecular complexity index is 405. The molecule has 0 spiro atoms. The zero-order valence-electron chi connectivity index (χ0n) is 11.1. The highest BCUT2D eigenvalue weighted by Gasteiger charge is 2.29. The van der Waals surface area contributed by atoms with Crippen molar-refractivity contribution < 1.29 is 9.53 Å². The van der Waals surface area contributed by atoms with Gasteiger partial charge in [0.2, 0.25) is 0 Å². The Labute approximate surface area is 109 Å². The van der Waals surface area contributed by atoms with Crippen LogP contribution in [0.4, 0.5) is 0 Å². The maximum atomic E-state index is 10.6. The van der Waals surface area contributed by atoms with Crippen LogP contribution in [0, 0.1) is 23.7 Å². The minimum Gasteiger partial charge on any atom is -0.375 e. The van der Waals surface area contributed by atoms with Gasteiger partial charge in [-0.05, 0) is 18.4 Å². The van der Waals surface area contributed by atoms with E-state index in [1.807, 2.05) is 44.2 Å². The van der Waals surface area contributed by atoms with Crippen LogP contribution in [0.2, 0.25) is 0 Å². The van der Waals surface area contributed by atoms with Crippen molar-refractivity contribution in [3.8, 4) is 12.3 Å². The summed E-state index contributed by atoms with van der Waals surface area (Å²) in [7, 11) is 0. The van der Waals surface area contributed by atoms with E-state index in [1.165, 1.54) is 0 Å². The van der Waals surface area contributed by atoms with Gasteiger partial charge in [0.1, 0.15) is 6.29 Å². The van der Waals surface area contributed by atoms with Crippen LogP contribution in [0.25, 0.3) is 0 Å². The molecule has 0 aliphatic rings. The Kier molecular flexibility index (Phi) is 5.61. The predicted octanol–water partition coefficient (Wildman–Crippen LogP) is 3.07. The fourth-order valence-electron chi connectivity index (χ4n) is 1.69. The highest BCUT2D eigenvalue weighted by Crippen LogP contribution is 2.29. The molecule has 0 fully saturated rings. The van der Waals surface area contributed by atoms with Crippen molar-refractivity contribution in [1.29, 1.82) is 0 Å². The van der Waals surface area contributed by atoms with Gasteiger partial charge in [-0.2, -0.15) is 0 Å². The van der Waals surface area contributed by atoms with Gasteiger partial charge in [0.25, 0.3) is 0 Å². The Morgan fingerprint density at radius 1 is 1.44 bits per heavy atom. The van der Waals surface area contributed by atoms with Crippen LogP contribution in [-0.4, -0.2) is 12.9 Å². The lowest BCUT2D eigenvalue weighted by Gasteiger charge is -2.29. The lowest BCUT2D eigenvalue weighted by molar-refractivity contribution is -0.109. The van der Waals surface area contributed by atoms with E-state index < -0.39 is 5.41 Å². The van der Waals surface area contributed by atoms with Crippen LogP contribution in [0.5, 0.6) is 0 Å². The number of hydrogen-bond donors (Lipinski definition) is 0. The number of hydrogen-bond acceptors (Lipinski definition) is 2. The lowest BCUT2D eigenvalue weighted by atomic mass is 9.78. The van der Waals surface area contributed by atoms with E-state index in [9.17, 15) is 4.79 Å². The average molecular weight is 244 g/mol. The first-order valence-electron chi connectivity index (χ1n) is 6.15. The molecule has 2 nitrogen and oxygen atoms in total. The van der Waals surface area contributed by atoms with E-state index in [0.29, 0.717) is 19.6 Å². The third-order valence-corrected chi connectivity index (χ3v) is 3.38. The van der Waals surface area contributed by atoms with E-state index in [1.54, 1.807) is 0 Å². The molecule has 2 atom stereocenters. The molecule has 1 rings (SSSR count). The molecule has 1 aromatic carbocycles. The normalized spacial score (nSPS) is 15.4. The third kappa shape index (κ3) is 4.01. The van der Waals surface area contributed by atoms with Gasteiger partial charge in [0.15, 0.2) is 0 Å². The number of aldehydes is 1. The second kappa shape index (κ2) is 6.98. The minimum absolute atomic E-state index is 0.121.